The first-order valence-electron chi connectivity index (χ1n) is 12.9. The largest absolute Gasteiger partial charge is 0.377 e. The lowest BCUT2D eigenvalue weighted by molar-refractivity contribution is 0.0599. The summed E-state index contributed by atoms with van der Waals surface area (Å²) in [7, 11) is 0. The summed E-state index contributed by atoms with van der Waals surface area (Å²) in [6, 6.07) is 18.8. The molecule has 0 saturated carbocycles. The Bertz CT molecular complexity index is 1400. The number of rotatable bonds is 3. The van der Waals surface area contributed by atoms with E-state index < -0.39 is 5.41 Å². The highest BCUT2D eigenvalue weighted by atomic mass is 16.5. The molecule has 2 aromatic carbocycles. The molecule has 1 fully saturated rings. The average Bonchev–Trinajstić information content (AvgIpc) is 2.89. The molecular formula is C31H34N4O2. The Balaban J connectivity index is 1.45. The Labute approximate surface area is 219 Å². The molecule has 1 N–H and O–H groups in total. The van der Waals surface area contributed by atoms with E-state index in [1.807, 2.05) is 31.2 Å². The molecule has 190 valence electrons. The van der Waals surface area contributed by atoms with Crippen LogP contribution < -0.4 is 10.2 Å². The summed E-state index contributed by atoms with van der Waals surface area (Å²) < 4.78 is 5.76. The van der Waals surface area contributed by atoms with Crippen molar-refractivity contribution in [2.24, 2.45) is 5.41 Å². The molecule has 2 aliphatic rings. The SMILES string of the molecule is Cc1ccc(NC(=O)c2ccnc(C(C)(C)C)c2)cc1-c1ccc2c(c1)N1CCOCC1C(C)(C#N)C2. The molecular weight excluding hydrogens is 460 g/mol. The number of nitriles is 1. The van der Waals surface area contributed by atoms with Crippen LogP contribution in [0.3, 0.4) is 0 Å². The van der Waals surface area contributed by atoms with Crippen LogP contribution in [0.4, 0.5) is 11.4 Å². The number of nitrogens with one attached hydrogen (secondary N) is 1. The number of amides is 1. The lowest BCUT2D eigenvalue weighted by Gasteiger charge is -2.49. The molecule has 1 aromatic heterocycles. The van der Waals surface area contributed by atoms with Gasteiger partial charge < -0.3 is 15.0 Å². The number of anilines is 2. The molecule has 37 heavy (non-hydrogen) atoms. The third-order valence-corrected chi connectivity index (χ3v) is 7.67. The monoisotopic (exact) mass is 494 g/mol. The molecule has 0 bridgehead atoms. The topological polar surface area (TPSA) is 78.2 Å². The number of aryl methyl sites for hydroxylation is 1. The van der Waals surface area contributed by atoms with Crippen LogP contribution in [0.1, 0.15) is 54.9 Å². The van der Waals surface area contributed by atoms with Gasteiger partial charge in [-0.15, -0.1) is 0 Å². The van der Waals surface area contributed by atoms with Crippen LogP contribution in [-0.2, 0) is 16.6 Å². The second kappa shape index (κ2) is 9.32. The number of pyridine rings is 1. The van der Waals surface area contributed by atoms with Gasteiger partial charge in [-0.3, -0.25) is 9.78 Å². The first-order chi connectivity index (χ1) is 17.6. The van der Waals surface area contributed by atoms with E-state index in [2.05, 4.69) is 67.2 Å². The lowest BCUT2D eigenvalue weighted by Crippen LogP contribution is -2.57. The van der Waals surface area contributed by atoms with Crippen LogP contribution in [-0.4, -0.2) is 36.7 Å². The summed E-state index contributed by atoms with van der Waals surface area (Å²) in [6.45, 7) is 12.4. The smallest absolute Gasteiger partial charge is 0.255 e. The van der Waals surface area contributed by atoms with Crippen molar-refractivity contribution in [2.45, 2.75) is 52.5 Å². The first-order valence-corrected chi connectivity index (χ1v) is 12.9. The molecule has 6 heteroatoms. The Morgan fingerprint density at radius 1 is 1.19 bits per heavy atom. The van der Waals surface area contributed by atoms with Gasteiger partial charge in [-0.1, -0.05) is 39.0 Å². The number of aromatic nitrogens is 1. The van der Waals surface area contributed by atoms with E-state index in [-0.39, 0.29) is 17.4 Å². The summed E-state index contributed by atoms with van der Waals surface area (Å²) in [5.41, 5.74) is 7.29. The summed E-state index contributed by atoms with van der Waals surface area (Å²) in [5, 5.41) is 13.0. The summed E-state index contributed by atoms with van der Waals surface area (Å²) in [6.07, 6.45) is 2.40. The number of benzene rings is 2. The number of carbonyl (C=O) groups excluding carboxylic acids is 1. The normalized spacial score (nSPS) is 21.0. The third kappa shape index (κ3) is 4.72. The van der Waals surface area contributed by atoms with Gasteiger partial charge in [0.15, 0.2) is 0 Å². The first kappa shape index (κ1) is 25.0. The second-order valence-corrected chi connectivity index (χ2v) is 11.5. The van der Waals surface area contributed by atoms with Gasteiger partial charge in [0.2, 0.25) is 0 Å². The number of hydrogen-bond donors (Lipinski definition) is 1. The van der Waals surface area contributed by atoms with Crippen molar-refractivity contribution in [2.75, 3.05) is 30.0 Å². The standard InChI is InChI=1S/C31H34N4O2/c1-20-6-9-24(34-29(36)22-10-11-33-27(15-22)30(2,3)4)16-25(20)21-7-8-23-17-31(5,19-32)28-18-37-13-12-35(28)26(23)14-21/h6-11,14-16,28H,12-13,17-18H2,1-5H3,(H,34,36). The second-order valence-electron chi connectivity index (χ2n) is 11.5. The van der Waals surface area contributed by atoms with Crippen LogP contribution in [0.5, 0.6) is 0 Å². The van der Waals surface area contributed by atoms with Crippen LogP contribution in [0.25, 0.3) is 11.1 Å². The molecule has 0 spiro atoms. The van der Waals surface area contributed by atoms with Gasteiger partial charge in [0.05, 0.1) is 30.7 Å². The van der Waals surface area contributed by atoms with E-state index in [4.69, 9.17) is 4.74 Å². The third-order valence-electron chi connectivity index (χ3n) is 7.67. The maximum Gasteiger partial charge on any atom is 0.255 e. The van der Waals surface area contributed by atoms with Crippen LogP contribution in [0.2, 0.25) is 0 Å². The summed E-state index contributed by atoms with van der Waals surface area (Å²) in [4.78, 5) is 19.9. The van der Waals surface area contributed by atoms with E-state index >= 15 is 0 Å². The van der Waals surface area contributed by atoms with Gasteiger partial charge in [0, 0.05) is 40.8 Å². The molecule has 3 aromatic rings. The Morgan fingerprint density at radius 3 is 2.76 bits per heavy atom. The van der Waals surface area contributed by atoms with Crippen molar-refractivity contribution >= 4 is 17.3 Å². The number of ether oxygens (including phenoxy) is 1. The molecule has 1 saturated heterocycles. The van der Waals surface area contributed by atoms with Gasteiger partial charge in [0.25, 0.3) is 5.91 Å². The highest BCUT2D eigenvalue weighted by Gasteiger charge is 2.45. The molecule has 2 atom stereocenters. The van der Waals surface area contributed by atoms with Crippen LogP contribution in [0.15, 0.2) is 54.7 Å². The molecule has 5 rings (SSSR count). The summed E-state index contributed by atoms with van der Waals surface area (Å²) >= 11 is 0. The molecule has 0 aliphatic carbocycles. The van der Waals surface area contributed by atoms with E-state index in [1.54, 1.807) is 12.3 Å². The molecule has 3 heterocycles. The molecule has 2 unspecified atom stereocenters. The van der Waals surface area contributed by atoms with E-state index in [9.17, 15) is 10.1 Å². The molecule has 0 radical (unpaired) electrons. The number of hydrogen-bond acceptors (Lipinski definition) is 5. The lowest BCUT2D eigenvalue weighted by atomic mass is 9.73. The number of carbonyl (C=O) groups is 1. The zero-order chi connectivity index (χ0) is 26.4. The maximum atomic E-state index is 13.1. The minimum absolute atomic E-state index is 0.0408. The van der Waals surface area contributed by atoms with Crippen LogP contribution in [0, 0.1) is 23.7 Å². The maximum absolute atomic E-state index is 13.1. The van der Waals surface area contributed by atoms with E-state index in [0.717, 1.165) is 34.6 Å². The molecule has 6 nitrogen and oxygen atoms in total. The van der Waals surface area contributed by atoms with Gasteiger partial charge in [0.1, 0.15) is 0 Å². The fraction of sp³-hybridized carbons (Fsp3) is 0.387. The fourth-order valence-corrected chi connectivity index (χ4v) is 5.39. The average molecular weight is 495 g/mol. The predicted molar refractivity (Wildman–Crippen MR) is 147 cm³/mol. The summed E-state index contributed by atoms with van der Waals surface area (Å²) in [5.74, 6) is -0.153. The van der Waals surface area contributed by atoms with Gasteiger partial charge in [-0.25, -0.2) is 0 Å². The Morgan fingerprint density at radius 2 is 2.00 bits per heavy atom. The van der Waals surface area contributed by atoms with Gasteiger partial charge in [-0.2, -0.15) is 5.26 Å². The highest BCUT2D eigenvalue weighted by Crippen LogP contribution is 2.44. The number of morpholine rings is 1. The van der Waals surface area contributed by atoms with Crippen molar-refractivity contribution in [3.63, 3.8) is 0 Å². The molecule has 2 aliphatic heterocycles. The quantitative estimate of drug-likeness (QED) is 0.491. The van der Waals surface area contributed by atoms with Gasteiger partial charge in [-0.05, 0) is 72.9 Å². The highest BCUT2D eigenvalue weighted by molar-refractivity contribution is 6.04. The van der Waals surface area contributed by atoms with Crippen molar-refractivity contribution in [3.05, 3.63) is 77.1 Å². The van der Waals surface area contributed by atoms with Crippen molar-refractivity contribution in [1.29, 1.82) is 5.26 Å². The number of fused-ring (bicyclic) bond motifs is 3. The van der Waals surface area contributed by atoms with Crippen molar-refractivity contribution in [1.82, 2.24) is 4.98 Å². The minimum atomic E-state index is -0.477. The van der Waals surface area contributed by atoms with Crippen molar-refractivity contribution < 1.29 is 9.53 Å². The van der Waals surface area contributed by atoms with E-state index in [0.29, 0.717) is 25.2 Å². The zero-order valence-electron chi connectivity index (χ0n) is 22.3. The zero-order valence-corrected chi connectivity index (χ0v) is 22.3. The van der Waals surface area contributed by atoms with Crippen molar-refractivity contribution in [3.8, 4) is 17.2 Å². The Kier molecular flexibility index (Phi) is 6.29. The minimum Gasteiger partial charge on any atom is -0.377 e. The fourth-order valence-electron chi connectivity index (χ4n) is 5.39. The van der Waals surface area contributed by atoms with Gasteiger partial charge >= 0.3 is 0 Å². The van der Waals surface area contributed by atoms with E-state index in [1.165, 1.54) is 11.3 Å². The predicted octanol–water partition coefficient (Wildman–Crippen LogP) is 5.90. The molecule has 1 amide bonds. The number of nitrogens with zero attached hydrogens (tertiary/aromatic N) is 3. The van der Waals surface area contributed by atoms with Crippen LogP contribution >= 0.6 is 0 Å². The Hall–Kier alpha value is -3.69.